The van der Waals surface area contributed by atoms with Crippen LogP contribution in [0.4, 0.5) is 10.5 Å². The van der Waals surface area contributed by atoms with Crippen LogP contribution in [0.15, 0.2) is 24.3 Å². The Morgan fingerprint density at radius 1 is 1.08 bits per heavy atom. The number of carbonyl (C=O) groups excluding carboxylic acids is 2. The number of amides is 3. The molecule has 1 aromatic carbocycles. The first-order valence-electron chi connectivity index (χ1n) is 8.13. The molecule has 1 aliphatic heterocycles. The highest BCUT2D eigenvalue weighted by Gasteiger charge is 2.27. The first-order chi connectivity index (χ1) is 11.5. The molecule has 8 nitrogen and oxygen atoms in total. The molecule has 2 fully saturated rings. The van der Waals surface area contributed by atoms with Gasteiger partial charge in [-0.05, 0) is 31.7 Å². The maximum atomic E-state index is 12.5. The fourth-order valence-electron chi connectivity index (χ4n) is 2.80. The smallest absolute Gasteiger partial charge is 0.315 e. The van der Waals surface area contributed by atoms with Crippen LogP contribution in [0.3, 0.4) is 0 Å². The third-order valence-corrected chi connectivity index (χ3v) is 4.33. The van der Waals surface area contributed by atoms with Crippen LogP contribution >= 0.6 is 0 Å². The number of piperidine rings is 1. The summed E-state index contributed by atoms with van der Waals surface area (Å²) in [5.41, 5.74) is 0.233. The number of non-ortho nitro benzene ring substituents is 1. The van der Waals surface area contributed by atoms with E-state index in [1.807, 2.05) is 0 Å². The molecule has 128 valence electrons. The first-order valence-corrected chi connectivity index (χ1v) is 8.13. The molecule has 2 aliphatic rings. The van der Waals surface area contributed by atoms with Crippen molar-refractivity contribution < 1.29 is 14.5 Å². The predicted molar refractivity (Wildman–Crippen MR) is 86.7 cm³/mol. The van der Waals surface area contributed by atoms with Crippen LogP contribution in [0.25, 0.3) is 0 Å². The van der Waals surface area contributed by atoms with Crippen LogP contribution in [-0.4, -0.2) is 46.9 Å². The minimum absolute atomic E-state index is 0.0536. The van der Waals surface area contributed by atoms with Crippen molar-refractivity contribution in [3.8, 4) is 0 Å². The zero-order valence-electron chi connectivity index (χ0n) is 13.2. The number of benzene rings is 1. The van der Waals surface area contributed by atoms with Gasteiger partial charge in [0.1, 0.15) is 0 Å². The fraction of sp³-hybridized carbons (Fsp3) is 0.500. The van der Waals surface area contributed by atoms with E-state index in [0.29, 0.717) is 37.5 Å². The minimum Gasteiger partial charge on any atom is -0.338 e. The number of hydrogen-bond acceptors (Lipinski definition) is 4. The molecule has 1 aliphatic carbocycles. The molecule has 2 N–H and O–H groups in total. The van der Waals surface area contributed by atoms with Crippen LogP contribution in [0, 0.1) is 10.1 Å². The Morgan fingerprint density at radius 2 is 1.71 bits per heavy atom. The Hall–Kier alpha value is -2.64. The second-order valence-electron chi connectivity index (χ2n) is 6.27. The molecular weight excluding hydrogens is 312 g/mol. The number of nitro benzene ring substituents is 1. The summed E-state index contributed by atoms with van der Waals surface area (Å²) in [6, 6.07) is 6.01. The highest BCUT2D eigenvalue weighted by atomic mass is 16.6. The summed E-state index contributed by atoms with van der Waals surface area (Å²) in [7, 11) is 0. The Bertz CT molecular complexity index is 651. The summed E-state index contributed by atoms with van der Waals surface area (Å²) >= 11 is 0. The van der Waals surface area contributed by atoms with E-state index in [-0.39, 0.29) is 23.7 Å². The summed E-state index contributed by atoms with van der Waals surface area (Å²) in [4.78, 5) is 36.2. The molecule has 1 heterocycles. The molecule has 1 saturated heterocycles. The Kier molecular flexibility index (Phi) is 4.64. The van der Waals surface area contributed by atoms with Gasteiger partial charge in [-0.3, -0.25) is 14.9 Å². The lowest BCUT2D eigenvalue weighted by atomic mass is 10.0. The lowest BCUT2D eigenvalue weighted by molar-refractivity contribution is -0.384. The van der Waals surface area contributed by atoms with Gasteiger partial charge >= 0.3 is 6.03 Å². The van der Waals surface area contributed by atoms with E-state index in [1.54, 1.807) is 11.0 Å². The van der Waals surface area contributed by atoms with Gasteiger partial charge in [-0.1, -0.05) is 6.07 Å². The van der Waals surface area contributed by atoms with E-state index in [4.69, 9.17) is 0 Å². The zero-order chi connectivity index (χ0) is 17.1. The van der Waals surface area contributed by atoms with Gasteiger partial charge in [-0.15, -0.1) is 0 Å². The van der Waals surface area contributed by atoms with Crippen molar-refractivity contribution in [2.45, 2.75) is 37.8 Å². The SMILES string of the molecule is O=C(NC1CC1)NC1CCN(C(=O)c2cccc([N+](=O)[O-])c2)CC1. The number of hydrogen-bond donors (Lipinski definition) is 2. The molecule has 0 aromatic heterocycles. The number of nitrogens with zero attached hydrogens (tertiary/aromatic N) is 2. The molecule has 0 unspecified atom stereocenters. The molecule has 3 rings (SSSR count). The van der Waals surface area contributed by atoms with Crippen molar-refractivity contribution in [1.82, 2.24) is 15.5 Å². The molecule has 8 heteroatoms. The maximum absolute atomic E-state index is 12.5. The van der Waals surface area contributed by atoms with Crippen molar-refractivity contribution in [3.63, 3.8) is 0 Å². The number of rotatable bonds is 4. The quantitative estimate of drug-likeness (QED) is 0.646. The molecule has 0 spiro atoms. The summed E-state index contributed by atoms with van der Waals surface area (Å²) in [5, 5.41) is 16.6. The van der Waals surface area contributed by atoms with Crippen molar-refractivity contribution in [2.24, 2.45) is 0 Å². The van der Waals surface area contributed by atoms with E-state index in [2.05, 4.69) is 10.6 Å². The largest absolute Gasteiger partial charge is 0.338 e. The van der Waals surface area contributed by atoms with Crippen molar-refractivity contribution in [1.29, 1.82) is 0 Å². The van der Waals surface area contributed by atoms with E-state index < -0.39 is 4.92 Å². The van der Waals surface area contributed by atoms with Crippen molar-refractivity contribution >= 4 is 17.6 Å². The van der Waals surface area contributed by atoms with Crippen LogP contribution < -0.4 is 10.6 Å². The molecule has 0 atom stereocenters. The van der Waals surface area contributed by atoms with Gasteiger partial charge in [-0.25, -0.2) is 4.79 Å². The van der Waals surface area contributed by atoms with Gasteiger partial charge < -0.3 is 15.5 Å². The van der Waals surface area contributed by atoms with E-state index in [0.717, 1.165) is 12.8 Å². The fourth-order valence-corrected chi connectivity index (χ4v) is 2.80. The first kappa shape index (κ1) is 16.2. The average molecular weight is 332 g/mol. The molecule has 1 saturated carbocycles. The molecule has 3 amide bonds. The molecular formula is C16H20N4O4. The van der Waals surface area contributed by atoms with Gasteiger partial charge in [-0.2, -0.15) is 0 Å². The maximum Gasteiger partial charge on any atom is 0.315 e. The van der Waals surface area contributed by atoms with Crippen molar-refractivity contribution in [3.05, 3.63) is 39.9 Å². The van der Waals surface area contributed by atoms with Gasteiger partial charge in [0.05, 0.1) is 4.92 Å². The second-order valence-corrected chi connectivity index (χ2v) is 6.27. The van der Waals surface area contributed by atoms with Crippen molar-refractivity contribution in [2.75, 3.05) is 13.1 Å². The number of carbonyl (C=O) groups is 2. The van der Waals surface area contributed by atoms with Gasteiger partial charge in [0.2, 0.25) is 0 Å². The highest BCUT2D eigenvalue weighted by molar-refractivity contribution is 5.94. The molecule has 24 heavy (non-hydrogen) atoms. The lowest BCUT2D eigenvalue weighted by Crippen LogP contribution is -2.49. The molecule has 1 aromatic rings. The van der Waals surface area contributed by atoms with Gasteiger partial charge in [0.15, 0.2) is 0 Å². The highest BCUT2D eigenvalue weighted by Crippen LogP contribution is 2.19. The van der Waals surface area contributed by atoms with Crippen LogP contribution in [-0.2, 0) is 0 Å². The third kappa shape index (κ3) is 4.01. The summed E-state index contributed by atoms with van der Waals surface area (Å²) in [6.45, 7) is 1.05. The van der Waals surface area contributed by atoms with E-state index >= 15 is 0 Å². The van der Waals surface area contributed by atoms with Gasteiger partial charge in [0.25, 0.3) is 11.6 Å². The van der Waals surface area contributed by atoms with E-state index in [9.17, 15) is 19.7 Å². The monoisotopic (exact) mass is 332 g/mol. The Labute approximate surface area is 139 Å². The Morgan fingerprint density at radius 3 is 2.29 bits per heavy atom. The topological polar surface area (TPSA) is 105 Å². The van der Waals surface area contributed by atoms with Gasteiger partial charge in [0, 0.05) is 42.9 Å². The summed E-state index contributed by atoms with van der Waals surface area (Å²) < 4.78 is 0. The number of likely N-dealkylation sites (tertiary alicyclic amines) is 1. The minimum atomic E-state index is -0.509. The van der Waals surface area contributed by atoms with Crippen LogP contribution in [0.5, 0.6) is 0 Å². The Balaban J connectivity index is 1.52. The number of urea groups is 1. The standard InChI is InChI=1S/C16H20N4O4/c21-15(11-2-1-3-14(10-11)20(23)24)19-8-6-13(7-9-19)18-16(22)17-12-4-5-12/h1-3,10,12-13H,4-9H2,(H2,17,18,22). The number of nitrogens with one attached hydrogen (secondary N) is 2. The summed E-state index contributed by atoms with van der Waals surface area (Å²) in [5.74, 6) is -0.209. The normalized spacial score (nSPS) is 18.1. The third-order valence-electron chi connectivity index (χ3n) is 4.33. The summed E-state index contributed by atoms with van der Waals surface area (Å²) in [6.07, 6.45) is 3.45. The van der Waals surface area contributed by atoms with Crippen LogP contribution in [0.2, 0.25) is 0 Å². The van der Waals surface area contributed by atoms with E-state index in [1.165, 1.54) is 18.2 Å². The molecule has 0 bridgehead atoms. The zero-order valence-corrected chi connectivity index (χ0v) is 13.2. The number of nitro groups is 1. The molecule has 0 radical (unpaired) electrons. The van der Waals surface area contributed by atoms with Crippen LogP contribution in [0.1, 0.15) is 36.0 Å². The predicted octanol–water partition coefficient (Wildman–Crippen LogP) is 1.66. The average Bonchev–Trinajstić information content (AvgIpc) is 3.39. The lowest BCUT2D eigenvalue weighted by Gasteiger charge is -2.32. The second kappa shape index (κ2) is 6.86.